The Hall–Kier alpha value is -1.83. The summed E-state index contributed by atoms with van der Waals surface area (Å²) < 4.78 is 0. The lowest BCUT2D eigenvalue weighted by molar-refractivity contribution is 0.790. The standard InChI is InChI=1S/C20H29N5.HI/c1-15-11-16(2)13-17(12-15)8-10-23-20(21-3)24-14-18-7-6-9-22-19(18)25(4)5;/h6-7,9,11-13H,8,10,14H2,1-5H3,(H2,21,23,24);1H. The molecule has 2 rings (SSSR count). The second kappa shape index (κ2) is 11.0. The molecule has 142 valence electrons. The fourth-order valence-electron chi connectivity index (χ4n) is 2.91. The van der Waals surface area contributed by atoms with E-state index in [0.29, 0.717) is 6.54 Å². The van der Waals surface area contributed by atoms with E-state index in [0.717, 1.165) is 30.3 Å². The summed E-state index contributed by atoms with van der Waals surface area (Å²) in [5.41, 5.74) is 5.11. The maximum Gasteiger partial charge on any atom is 0.191 e. The molecule has 5 nitrogen and oxygen atoms in total. The van der Waals surface area contributed by atoms with Crippen LogP contribution in [-0.2, 0) is 13.0 Å². The molecule has 2 N–H and O–H groups in total. The molecule has 26 heavy (non-hydrogen) atoms. The van der Waals surface area contributed by atoms with Crippen LogP contribution >= 0.6 is 24.0 Å². The molecule has 0 fully saturated rings. The fraction of sp³-hybridized carbons (Fsp3) is 0.400. The summed E-state index contributed by atoms with van der Waals surface area (Å²) in [7, 11) is 5.80. The van der Waals surface area contributed by atoms with E-state index in [2.05, 4.69) is 58.7 Å². The van der Waals surface area contributed by atoms with Gasteiger partial charge in [-0.15, -0.1) is 24.0 Å². The van der Waals surface area contributed by atoms with Gasteiger partial charge in [0.1, 0.15) is 5.82 Å². The third-order valence-corrected chi connectivity index (χ3v) is 3.95. The molecular weight excluding hydrogens is 437 g/mol. The summed E-state index contributed by atoms with van der Waals surface area (Å²) in [5, 5.41) is 6.74. The first-order chi connectivity index (χ1) is 12.0. The molecule has 1 aromatic heterocycles. The molecule has 0 atom stereocenters. The Morgan fingerprint density at radius 2 is 1.81 bits per heavy atom. The van der Waals surface area contributed by atoms with Crippen LogP contribution in [0.5, 0.6) is 0 Å². The summed E-state index contributed by atoms with van der Waals surface area (Å²) in [6.45, 7) is 5.81. The Kier molecular flexibility index (Phi) is 9.40. The van der Waals surface area contributed by atoms with Crippen LogP contribution in [0.15, 0.2) is 41.5 Å². The van der Waals surface area contributed by atoms with Gasteiger partial charge in [0.25, 0.3) is 0 Å². The lowest BCUT2D eigenvalue weighted by Crippen LogP contribution is -2.38. The van der Waals surface area contributed by atoms with Crippen molar-refractivity contribution in [3.05, 3.63) is 58.8 Å². The van der Waals surface area contributed by atoms with Crippen LogP contribution in [0.1, 0.15) is 22.3 Å². The van der Waals surface area contributed by atoms with Crippen molar-refractivity contribution in [3.63, 3.8) is 0 Å². The first kappa shape index (κ1) is 22.2. The van der Waals surface area contributed by atoms with E-state index in [1.54, 1.807) is 7.05 Å². The van der Waals surface area contributed by atoms with Gasteiger partial charge in [-0.25, -0.2) is 4.98 Å². The summed E-state index contributed by atoms with van der Waals surface area (Å²) in [4.78, 5) is 10.8. The average molecular weight is 467 g/mol. The van der Waals surface area contributed by atoms with E-state index >= 15 is 0 Å². The van der Waals surface area contributed by atoms with E-state index in [9.17, 15) is 0 Å². The van der Waals surface area contributed by atoms with Gasteiger partial charge in [-0.2, -0.15) is 0 Å². The molecule has 0 unspecified atom stereocenters. The van der Waals surface area contributed by atoms with Crippen molar-refractivity contribution in [2.45, 2.75) is 26.8 Å². The van der Waals surface area contributed by atoms with Crippen molar-refractivity contribution in [1.82, 2.24) is 15.6 Å². The number of pyridine rings is 1. The zero-order chi connectivity index (χ0) is 18.2. The monoisotopic (exact) mass is 467 g/mol. The largest absolute Gasteiger partial charge is 0.362 e. The number of benzene rings is 1. The molecule has 2 aromatic rings. The predicted molar refractivity (Wildman–Crippen MR) is 122 cm³/mol. The maximum atomic E-state index is 4.43. The first-order valence-electron chi connectivity index (χ1n) is 8.62. The number of aliphatic imine (C=N–C) groups is 1. The van der Waals surface area contributed by atoms with Crippen LogP contribution in [0.25, 0.3) is 0 Å². The predicted octanol–water partition coefficient (Wildman–Crippen LogP) is 3.29. The highest BCUT2D eigenvalue weighted by atomic mass is 127. The summed E-state index contributed by atoms with van der Waals surface area (Å²) >= 11 is 0. The molecule has 0 radical (unpaired) electrons. The highest BCUT2D eigenvalue weighted by Crippen LogP contribution is 2.13. The number of hydrogen-bond donors (Lipinski definition) is 2. The molecule has 1 aromatic carbocycles. The van der Waals surface area contributed by atoms with E-state index < -0.39 is 0 Å². The third kappa shape index (κ3) is 6.82. The van der Waals surface area contributed by atoms with Crippen molar-refractivity contribution >= 4 is 35.8 Å². The van der Waals surface area contributed by atoms with E-state index in [1.165, 1.54) is 16.7 Å². The minimum Gasteiger partial charge on any atom is -0.362 e. The first-order valence-corrected chi connectivity index (χ1v) is 8.62. The molecule has 1 heterocycles. The molecule has 0 aliphatic heterocycles. The molecule has 0 bridgehead atoms. The molecule has 6 heteroatoms. The Morgan fingerprint density at radius 1 is 1.12 bits per heavy atom. The molecule has 0 aliphatic rings. The molecule has 0 aliphatic carbocycles. The van der Waals surface area contributed by atoms with Gasteiger partial charge in [0.05, 0.1) is 0 Å². The van der Waals surface area contributed by atoms with Gasteiger partial charge in [-0.3, -0.25) is 4.99 Å². The number of hydrogen-bond acceptors (Lipinski definition) is 3. The van der Waals surface area contributed by atoms with Crippen LogP contribution in [0, 0.1) is 13.8 Å². The Morgan fingerprint density at radius 3 is 2.42 bits per heavy atom. The topological polar surface area (TPSA) is 52.6 Å². The molecular formula is C20H30IN5. The SMILES string of the molecule is CN=C(NCCc1cc(C)cc(C)c1)NCc1cccnc1N(C)C.I. The zero-order valence-electron chi connectivity index (χ0n) is 16.3. The van der Waals surface area contributed by atoms with E-state index in [1.807, 2.05) is 31.3 Å². The summed E-state index contributed by atoms with van der Waals surface area (Å²) in [6.07, 6.45) is 2.79. The highest BCUT2D eigenvalue weighted by Gasteiger charge is 2.06. The minimum atomic E-state index is 0. The van der Waals surface area contributed by atoms with Gasteiger partial charge < -0.3 is 15.5 Å². The van der Waals surface area contributed by atoms with Crippen molar-refractivity contribution < 1.29 is 0 Å². The Labute approximate surface area is 174 Å². The molecule has 0 spiro atoms. The third-order valence-electron chi connectivity index (χ3n) is 3.95. The molecule has 0 amide bonds. The molecule has 0 saturated heterocycles. The second-order valence-electron chi connectivity index (χ2n) is 6.48. The lowest BCUT2D eigenvalue weighted by atomic mass is 10.1. The fourth-order valence-corrected chi connectivity index (χ4v) is 2.91. The van der Waals surface area contributed by atoms with Crippen molar-refractivity contribution in [3.8, 4) is 0 Å². The number of rotatable bonds is 6. The maximum absolute atomic E-state index is 4.43. The summed E-state index contributed by atoms with van der Waals surface area (Å²) in [6, 6.07) is 10.7. The normalized spacial score (nSPS) is 10.9. The van der Waals surface area contributed by atoms with Crippen LogP contribution in [-0.4, -0.2) is 38.6 Å². The zero-order valence-corrected chi connectivity index (χ0v) is 18.7. The van der Waals surface area contributed by atoms with Gasteiger partial charge in [0.2, 0.25) is 0 Å². The van der Waals surface area contributed by atoms with E-state index in [4.69, 9.17) is 0 Å². The van der Waals surface area contributed by atoms with Crippen molar-refractivity contribution in [2.75, 3.05) is 32.6 Å². The average Bonchev–Trinajstić information content (AvgIpc) is 2.57. The number of nitrogens with one attached hydrogen (secondary N) is 2. The highest BCUT2D eigenvalue weighted by molar-refractivity contribution is 14.0. The quantitative estimate of drug-likeness (QED) is 0.389. The van der Waals surface area contributed by atoms with Gasteiger partial charge in [0, 0.05) is 46.0 Å². The van der Waals surface area contributed by atoms with Crippen LogP contribution in [0.2, 0.25) is 0 Å². The van der Waals surface area contributed by atoms with Gasteiger partial charge in [-0.1, -0.05) is 35.4 Å². The number of guanidine groups is 1. The second-order valence-corrected chi connectivity index (χ2v) is 6.48. The van der Waals surface area contributed by atoms with Crippen LogP contribution in [0.3, 0.4) is 0 Å². The number of halogens is 1. The number of aromatic nitrogens is 1. The molecule has 0 saturated carbocycles. The smallest absolute Gasteiger partial charge is 0.191 e. The minimum absolute atomic E-state index is 0. The van der Waals surface area contributed by atoms with Crippen molar-refractivity contribution in [1.29, 1.82) is 0 Å². The number of nitrogens with zero attached hydrogens (tertiary/aromatic N) is 3. The van der Waals surface area contributed by atoms with Gasteiger partial charge >= 0.3 is 0 Å². The van der Waals surface area contributed by atoms with Crippen LogP contribution < -0.4 is 15.5 Å². The summed E-state index contributed by atoms with van der Waals surface area (Å²) in [5.74, 6) is 1.78. The van der Waals surface area contributed by atoms with Gasteiger partial charge in [-0.05, 0) is 31.9 Å². The number of aryl methyl sites for hydroxylation is 2. The number of anilines is 1. The lowest BCUT2D eigenvalue weighted by Gasteiger charge is -2.17. The Bertz CT molecular complexity index is 708. The van der Waals surface area contributed by atoms with E-state index in [-0.39, 0.29) is 24.0 Å². The van der Waals surface area contributed by atoms with Gasteiger partial charge in [0.15, 0.2) is 5.96 Å². The van der Waals surface area contributed by atoms with Crippen LogP contribution in [0.4, 0.5) is 5.82 Å². The Balaban J connectivity index is 0.00000338. The van der Waals surface area contributed by atoms with Crippen molar-refractivity contribution in [2.24, 2.45) is 4.99 Å².